The van der Waals surface area contributed by atoms with Crippen molar-refractivity contribution in [1.82, 2.24) is 0 Å². The summed E-state index contributed by atoms with van der Waals surface area (Å²) in [6.07, 6.45) is 13.7. The molecule has 1 saturated carbocycles. The molecule has 0 N–H and O–H groups in total. The van der Waals surface area contributed by atoms with Crippen molar-refractivity contribution in [2.45, 2.75) is 112 Å². The van der Waals surface area contributed by atoms with Gasteiger partial charge in [0.15, 0.2) is 0 Å². The van der Waals surface area contributed by atoms with Gasteiger partial charge in [0.2, 0.25) is 0 Å². The van der Waals surface area contributed by atoms with E-state index in [2.05, 4.69) is 145 Å². The zero-order valence-corrected chi connectivity index (χ0v) is 37.0. The molecule has 7 rings (SSSR count). The zero-order valence-electron chi connectivity index (χ0n) is 31.9. The molecule has 0 aromatic heterocycles. The first kappa shape index (κ1) is 37.4. The van der Waals surface area contributed by atoms with Gasteiger partial charge in [0.25, 0.3) is 0 Å². The van der Waals surface area contributed by atoms with Crippen LogP contribution in [0.2, 0.25) is 13.1 Å². The summed E-state index contributed by atoms with van der Waals surface area (Å²) in [5.74, 6) is -0.0139. The second-order valence-electron chi connectivity index (χ2n) is 16.6. The number of benzene rings is 4. The fraction of sp³-hybridized carbons (Fsp3) is 0.404. The number of rotatable bonds is 10. The second kappa shape index (κ2) is 14.7. The van der Waals surface area contributed by atoms with E-state index in [1.54, 1.807) is 5.57 Å². The van der Waals surface area contributed by atoms with Crippen LogP contribution in [-0.4, -0.2) is 5.92 Å². The molecular formula is C47H57Cl2SiZr. The number of fused-ring (bicyclic) bond motifs is 2. The van der Waals surface area contributed by atoms with Crippen LogP contribution in [0.4, 0.5) is 0 Å². The maximum absolute atomic E-state index is 8.86. The number of hydrogen-bond donors (Lipinski definition) is 0. The third-order valence-electron chi connectivity index (χ3n) is 13.2. The van der Waals surface area contributed by atoms with Crippen LogP contribution in [0.3, 0.4) is 0 Å². The van der Waals surface area contributed by atoms with Gasteiger partial charge in [-0.1, -0.05) is 0 Å². The van der Waals surface area contributed by atoms with Gasteiger partial charge in [0, 0.05) is 0 Å². The summed E-state index contributed by atoms with van der Waals surface area (Å²) in [5.41, 5.74) is 16.6. The van der Waals surface area contributed by atoms with Gasteiger partial charge < -0.3 is 0 Å². The van der Waals surface area contributed by atoms with Crippen LogP contribution in [0.15, 0.2) is 96.1 Å². The van der Waals surface area contributed by atoms with E-state index in [-0.39, 0.29) is 7.25 Å². The molecule has 3 atom stereocenters. The van der Waals surface area contributed by atoms with Gasteiger partial charge in [-0.05, 0) is 0 Å². The van der Waals surface area contributed by atoms with Gasteiger partial charge in [-0.15, -0.1) is 0 Å². The Morgan fingerprint density at radius 2 is 1.20 bits per heavy atom. The second-order valence-corrected chi connectivity index (χ2v) is 59.1. The predicted octanol–water partition coefficient (Wildman–Crippen LogP) is 15.2. The molecule has 267 valence electrons. The summed E-state index contributed by atoms with van der Waals surface area (Å²) in [6.45, 7) is 16.5. The minimum atomic E-state index is -4.88. The molecule has 3 aliphatic rings. The van der Waals surface area contributed by atoms with E-state index in [4.69, 9.17) is 17.0 Å². The molecule has 51 heavy (non-hydrogen) atoms. The molecule has 0 bridgehead atoms. The SMILES string of the molecule is CCC1=Cc2c(-c3ccc(C(C)CC)cc3)cccc2[CH]1[Zr]([Cl])([Cl])([CH]1C(C2CCCCC2)=Cc2c(-c3ccc(C(C)C)cc3)cccc21)[SiH](C)C. The van der Waals surface area contributed by atoms with E-state index >= 15 is 0 Å². The summed E-state index contributed by atoms with van der Waals surface area (Å²) < 4.78 is 0.261. The zero-order chi connectivity index (χ0) is 36.1. The summed E-state index contributed by atoms with van der Waals surface area (Å²) in [5, 5.41) is 0. The van der Waals surface area contributed by atoms with Crippen LogP contribution in [0, 0.1) is 5.92 Å². The molecule has 4 heteroatoms. The van der Waals surface area contributed by atoms with E-state index in [0.29, 0.717) is 17.8 Å². The Labute approximate surface area is 317 Å². The number of allylic oxidation sites excluding steroid dienone is 2. The average Bonchev–Trinajstić information content (AvgIpc) is 3.76. The van der Waals surface area contributed by atoms with Crippen molar-refractivity contribution >= 4 is 35.1 Å². The third-order valence-corrected chi connectivity index (χ3v) is 65.0. The van der Waals surface area contributed by atoms with E-state index in [9.17, 15) is 0 Å². The van der Waals surface area contributed by atoms with Gasteiger partial charge in [0.05, 0.1) is 0 Å². The summed E-state index contributed by atoms with van der Waals surface area (Å²) in [6, 6.07) is 32.6. The Morgan fingerprint density at radius 3 is 1.71 bits per heavy atom. The van der Waals surface area contributed by atoms with Crippen molar-refractivity contribution in [3.05, 3.63) is 129 Å². The van der Waals surface area contributed by atoms with Crippen LogP contribution in [0.5, 0.6) is 0 Å². The molecule has 0 saturated heterocycles. The summed E-state index contributed by atoms with van der Waals surface area (Å²) >= 11 is -4.88. The molecule has 0 nitrogen and oxygen atoms in total. The molecule has 0 amide bonds. The molecule has 1 fully saturated rings. The molecule has 4 aromatic carbocycles. The fourth-order valence-electron chi connectivity index (χ4n) is 9.86. The number of hydrogen-bond acceptors (Lipinski definition) is 0. The Kier molecular flexibility index (Phi) is 10.8. The standard InChI is InChI=1S/C24H27.C21H23.C2H7Si.2ClH.Zr/c1-17(2)18-11-13-20(14-12-18)23-10-6-9-21-15-22(16-24(21)23)19-7-4-3-5-8-19;1-4-15(3)17-9-11-18(12-10-17)20-8-6-7-19-13-16(5-2)14-21(19)20;1-3-2;;;/h6,9-17,19H,3-5,7-8H2,1-2H3;6-15H,4-5H2,1-3H3;3H,1-2H3;2*1H;/q;;;;;+2/p-2. The minimum absolute atomic E-state index is 0.123. The van der Waals surface area contributed by atoms with Gasteiger partial charge in [-0.3, -0.25) is 0 Å². The van der Waals surface area contributed by atoms with Crippen molar-refractivity contribution in [2.24, 2.45) is 5.92 Å². The molecule has 0 aliphatic heterocycles. The maximum atomic E-state index is 8.86. The van der Waals surface area contributed by atoms with Crippen LogP contribution in [-0.2, 0) is 15.6 Å². The van der Waals surface area contributed by atoms with Crippen molar-refractivity contribution in [1.29, 1.82) is 0 Å². The molecule has 0 heterocycles. The van der Waals surface area contributed by atoms with Gasteiger partial charge >= 0.3 is 320 Å². The topological polar surface area (TPSA) is 0 Å². The molecule has 3 unspecified atom stereocenters. The first-order chi connectivity index (χ1) is 24.5. The Bertz CT molecular complexity index is 1960. The molecule has 4 aromatic rings. The van der Waals surface area contributed by atoms with E-state index in [0.717, 1.165) is 12.8 Å². The van der Waals surface area contributed by atoms with Crippen molar-refractivity contribution in [3.63, 3.8) is 0 Å². The normalized spacial score (nSPS) is 20.5. The molecule has 0 radical (unpaired) electrons. The van der Waals surface area contributed by atoms with Gasteiger partial charge in [-0.25, -0.2) is 0 Å². The molecule has 0 spiro atoms. The van der Waals surface area contributed by atoms with E-state index < -0.39 is 21.5 Å². The monoisotopic (exact) mass is 809 g/mol. The van der Waals surface area contributed by atoms with Crippen LogP contribution in [0.1, 0.15) is 132 Å². The van der Waals surface area contributed by atoms with E-state index in [1.165, 1.54) is 93.3 Å². The van der Waals surface area contributed by atoms with Gasteiger partial charge in [0.1, 0.15) is 0 Å². The number of halogens is 2. The molecular weight excluding hydrogens is 755 g/mol. The Morgan fingerprint density at radius 1 is 0.667 bits per heavy atom. The Balaban J connectivity index is 1.41. The first-order valence-electron chi connectivity index (χ1n) is 19.9. The third kappa shape index (κ3) is 6.41. The van der Waals surface area contributed by atoms with Crippen molar-refractivity contribution in [3.8, 4) is 22.3 Å². The van der Waals surface area contributed by atoms with E-state index in [1.807, 2.05) is 0 Å². The van der Waals surface area contributed by atoms with Crippen molar-refractivity contribution < 1.29 is 15.6 Å². The average molecular weight is 812 g/mol. The summed E-state index contributed by atoms with van der Waals surface area (Å²) in [4.78, 5) is 0. The first-order valence-corrected chi connectivity index (χ1v) is 36.2. The van der Waals surface area contributed by atoms with Crippen LogP contribution in [0.25, 0.3) is 34.4 Å². The Hall–Kier alpha value is -1.96. The van der Waals surface area contributed by atoms with Crippen LogP contribution >= 0.6 is 17.0 Å². The summed E-state index contributed by atoms with van der Waals surface area (Å²) in [7, 11) is 17.7. The van der Waals surface area contributed by atoms with Gasteiger partial charge in [-0.2, -0.15) is 0 Å². The molecule has 3 aliphatic carbocycles. The fourth-order valence-corrected chi connectivity index (χ4v) is 41.3. The quantitative estimate of drug-likeness (QED) is 0.140. The predicted molar refractivity (Wildman–Crippen MR) is 225 cm³/mol. The van der Waals surface area contributed by atoms with Crippen LogP contribution < -0.4 is 0 Å². The van der Waals surface area contributed by atoms with Crippen molar-refractivity contribution in [2.75, 3.05) is 0 Å².